The zero-order valence-electron chi connectivity index (χ0n) is 9.30. The van der Waals surface area contributed by atoms with Gasteiger partial charge in [-0.2, -0.15) is 0 Å². The Balaban J connectivity index is 2.63. The van der Waals surface area contributed by atoms with Crippen LogP contribution >= 0.6 is 11.8 Å². The lowest BCUT2D eigenvalue weighted by Crippen LogP contribution is -2.30. The highest BCUT2D eigenvalue weighted by molar-refractivity contribution is 7.99. The number of nitrogens with zero attached hydrogens (tertiary/aromatic N) is 1. The van der Waals surface area contributed by atoms with Gasteiger partial charge in [-0.1, -0.05) is 6.92 Å². The molecule has 2 aromatic rings. The first-order valence-corrected chi connectivity index (χ1v) is 6.09. The Bertz CT molecular complexity index is 514. The Morgan fingerprint density at radius 2 is 2.19 bits per heavy atom. The number of ether oxygens (including phenoxy) is 1. The van der Waals surface area contributed by atoms with E-state index in [0.717, 1.165) is 32.0 Å². The number of thioether (sulfide) groups is 1. The van der Waals surface area contributed by atoms with E-state index >= 15 is 0 Å². The topological polar surface area (TPSA) is 33.3 Å². The molecule has 16 heavy (non-hydrogen) atoms. The highest BCUT2D eigenvalue weighted by Crippen LogP contribution is 2.26. The molecule has 84 valence electrons. The van der Waals surface area contributed by atoms with Gasteiger partial charge in [-0.3, -0.25) is 5.21 Å². The van der Waals surface area contributed by atoms with E-state index in [1.807, 2.05) is 18.2 Å². The number of hydrogen-bond donors (Lipinski definition) is 1. The molecule has 0 saturated carbocycles. The average Bonchev–Trinajstić information content (AvgIpc) is 2.31. The summed E-state index contributed by atoms with van der Waals surface area (Å²) in [6.07, 6.45) is 1.58. The van der Waals surface area contributed by atoms with Crippen molar-refractivity contribution in [2.75, 3.05) is 12.9 Å². The van der Waals surface area contributed by atoms with Gasteiger partial charge in [0.25, 0.3) is 5.52 Å². The SMILES string of the molecule is CCSc1ccc2c(OC)cc[n+](O)c2c1. The highest BCUT2D eigenvalue weighted by Gasteiger charge is 2.13. The third-order valence-electron chi connectivity index (χ3n) is 2.38. The zero-order chi connectivity index (χ0) is 11.5. The van der Waals surface area contributed by atoms with E-state index in [4.69, 9.17) is 4.74 Å². The standard InChI is InChI=1S/C12H14NO2S/c1-3-16-9-4-5-10-11(8-9)13(14)7-6-12(10)15-2/h4-8,14H,3H2,1-2H3/q+1. The summed E-state index contributed by atoms with van der Waals surface area (Å²) in [6, 6.07) is 7.72. The summed E-state index contributed by atoms with van der Waals surface area (Å²) in [4.78, 5) is 1.14. The van der Waals surface area contributed by atoms with Crippen LogP contribution in [0.15, 0.2) is 35.4 Å². The van der Waals surface area contributed by atoms with Gasteiger partial charge in [-0.15, -0.1) is 11.8 Å². The summed E-state index contributed by atoms with van der Waals surface area (Å²) in [5, 5.41) is 10.6. The van der Waals surface area contributed by atoms with Crippen molar-refractivity contribution in [2.24, 2.45) is 0 Å². The molecule has 1 aromatic heterocycles. The Morgan fingerprint density at radius 3 is 2.88 bits per heavy atom. The molecule has 0 radical (unpaired) electrons. The Labute approximate surface area is 98.6 Å². The molecular weight excluding hydrogens is 222 g/mol. The van der Waals surface area contributed by atoms with Crippen molar-refractivity contribution in [3.05, 3.63) is 30.5 Å². The average molecular weight is 236 g/mol. The fourth-order valence-electron chi connectivity index (χ4n) is 1.65. The molecular formula is C12H14NO2S+. The molecule has 2 rings (SSSR count). The van der Waals surface area contributed by atoms with Gasteiger partial charge in [-0.25, -0.2) is 0 Å². The van der Waals surface area contributed by atoms with Crippen LogP contribution in [0.5, 0.6) is 5.75 Å². The fourth-order valence-corrected chi connectivity index (χ4v) is 2.34. The van der Waals surface area contributed by atoms with Gasteiger partial charge in [0.05, 0.1) is 12.5 Å². The normalized spacial score (nSPS) is 10.6. The molecule has 0 aliphatic rings. The number of pyridine rings is 1. The minimum Gasteiger partial charge on any atom is -0.496 e. The van der Waals surface area contributed by atoms with E-state index in [-0.39, 0.29) is 0 Å². The van der Waals surface area contributed by atoms with Crippen molar-refractivity contribution < 1.29 is 14.7 Å². The molecule has 0 unspecified atom stereocenters. The van der Waals surface area contributed by atoms with Gasteiger partial charge in [0.15, 0.2) is 0 Å². The molecule has 0 aliphatic heterocycles. The summed E-state index contributed by atoms with van der Waals surface area (Å²) < 4.78 is 6.37. The maximum atomic E-state index is 9.74. The Kier molecular flexibility index (Phi) is 3.19. The third-order valence-corrected chi connectivity index (χ3v) is 3.26. The first-order valence-electron chi connectivity index (χ1n) is 5.10. The van der Waals surface area contributed by atoms with E-state index < -0.39 is 0 Å². The van der Waals surface area contributed by atoms with E-state index in [1.165, 1.54) is 0 Å². The smallest absolute Gasteiger partial charge is 0.269 e. The maximum Gasteiger partial charge on any atom is 0.269 e. The maximum absolute atomic E-state index is 9.74. The van der Waals surface area contributed by atoms with Crippen molar-refractivity contribution in [2.45, 2.75) is 11.8 Å². The minimum atomic E-state index is 0.762. The van der Waals surface area contributed by atoms with E-state index in [0.29, 0.717) is 0 Å². The number of hydrogen-bond acceptors (Lipinski definition) is 3. The van der Waals surface area contributed by atoms with Crippen molar-refractivity contribution in [3.63, 3.8) is 0 Å². The summed E-state index contributed by atoms with van der Waals surface area (Å²) in [5.74, 6) is 1.79. The molecule has 0 aliphatic carbocycles. The van der Waals surface area contributed by atoms with Crippen molar-refractivity contribution in [1.82, 2.24) is 0 Å². The fraction of sp³-hybridized carbons (Fsp3) is 0.250. The van der Waals surface area contributed by atoms with Crippen molar-refractivity contribution >= 4 is 22.7 Å². The second kappa shape index (κ2) is 4.61. The molecule has 1 aromatic carbocycles. The summed E-state index contributed by atoms with van der Waals surface area (Å²) in [7, 11) is 1.63. The molecule has 1 heterocycles. The largest absolute Gasteiger partial charge is 0.496 e. The molecule has 1 N–H and O–H groups in total. The quantitative estimate of drug-likeness (QED) is 0.505. The van der Waals surface area contributed by atoms with Gasteiger partial charge >= 0.3 is 0 Å². The first-order chi connectivity index (χ1) is 7.76. The molecule has 0 saturated heterocycles. The first kappa shape index (κ1) is 11.1. The lowest BCUT2D eigenvalue weighted by atomic mass is 10.2. The number of fused-ring (bicyclic) bond motifs is 1. The summed E-state index contributed by atoms with van der Waals surface area (Å²) >= 11 is 1.75. The second-order valence-electron chi connectivity index (χ2n) is 3.34. The minimum absolute atomic E-state index is 0.762. The van der Waals surface area contributed by atoms with Gasteiger partial charge in [-0.05, 0) is 17.9 Å². The summed E-state index contributed by atoms with van der Waals surface area (Å²) in [6.45, 7) is 2.10. The van der Waals surface area contributed by atoms with Crippen molar-refractivity contribution in [3.8, 4) is 5.75 Å². The van der Waals surface area contributed by atoms with Gasteiger partial charge in [0.1, 0.15) is 5.75 Å². The molecule has 0 atom stereocenters. The number of methoxy groups -OCH3 is 1. The predicted octanol–water partition coefficient (Wildman–Crippen LogP) is 2.49. The Morgan fingerprint density at radius 1 is 1.38 bits per heavy atom. The molecule has 0 amide bonds. The lowest BCUT2D eigenvalue weighted by molar-refractivity contribution is -0.884. The van der Waals surface area contributed by atoms with Crippen molar-refractivity contribution in [1.29, 1.82) is 0 Å². The Hall–Kier alpha value is -1.42. The van der Waals surface area contributed by atoms with Crippen LogP contribution in [-0.2, 0) is 0 Å². The van der Waals surface area contributed by atoms with Crippen LogP contribution in [0.25, 0.3) is 10.9 Å². The van der Waals surface area contributed by atoms with E-state index in [9.17, 15) is 5.21 Å². The number of benzene rings is 1. The highest BCUT2D eigenvalue weighted by atomic mass is 32.2. The molecule has 3 nitrogen and oxygen atoms in total. The van der Waals surface area contributed by atoms with E-state index in [2.05, 4.69) is 6.92 Å². The number of rotatable bonds is 3. The van der Waals surface area contributed by atoms with E-state index in [1.54, 1.807) is 31.1 Å². The molecule has 4 heteroatoms. The van der Waals surface area contributed by atoms with Crippen LogP contribution in [0.2, 0.25) is 0 Å². The van der Waals surface area contributed by atoms with Crippen LogP contribution < -0.4 is 9.47 Å². The van der Waals surface area contributed by atoms with Crippen LogP contribution in [0.3, 0.4) is 0 Å². The monoisotopic (exact) mass is 236 g/mol. The predicted molar refractivity (Wildman–Crippen MR) is 64.3 cm³/mol. The summed E-state index contributed by atoms with van der Waals surface area (Å²) in [5.41, 5.74) is 0.762. The van der Waals surface area contributed by atoms with Crippen LogP contribution in [0.4, 0.5) is 0 Å². The van der Waals surface area contributed by atoms with Gasteiger partial charge in [0.2, 0.25) is 6.20 Å². The second-order valence-corrected chi connectivity index (χ2v) is 4.68. The van der Waals surface area contributed by atoms with Crippen LogP contribution in [0.1, 0.15) is 6.92 Å². The molecule has 0 spiro atoms. The molecule has 0 fully saturated rings. The lowest BCUT2D eigenvalue weighted by Gasteiger charge is -2.03. The van der Waals surface area contributed by atoms with Gasteiger partial charge in [0, 0.05) is 21.8 Å². The zero-order valence-corrected chi connectivity index (χ0v) is 10.1. The van der Waals surface area contributed by atoms with Gasteiger partial charge < -0.3 is 4.74 Å². The number of aromatic nitrogens is 1. The van der Waals surface area contributed by atoms with Crippen LogP contribution in [0, 0.1) is 0 Å². The molecule has 0 bridgehead atoms. The third kappa shape index (κ3) is 1.93. The van der Waals surface area contributed by atoms with Crippen LogP contribution in [-0.4, -0.2) is 18.1 Å².